The molecular weight excluding hydrogens is 168 g/mol. The minimum absolute atomic E-state index is 0.626. The quantitative estimate of drug-likeness (QED) is 0.679. The van der Waals surface area contributed by atoms with Gasteiger partial charge in [0.25, 0.3) is 0 Å². The van der Waals surface area contributed by atoms with Crippen LogP contribution in [0.4, 0.5) is 0 Å². The largest absolute Gasteiger partial charge is 0.339 e. The fourth-order valence-electron chi connectivity index (χ4n) is 1.14. The summed E-state index contributed by atoms with van der Waals surface area (Å²) in [5.41, 5.74) is 1.06. The average molecular weight is 178 g/mol. The molecule has 13 heavy (non-hydrogen) atoms. The van der Waals surface area contributed by atoms with E-state index in [-0.39, 0.29) is 0 Å². The molecule has 0 atom stereocenters. The van der Waals surface area contributed by atoms with Crippen molar-refractivity contribution in [1.29, 1.82) is 0 Å². The van der Waals surface area contributed by atoms with Gasteiger partial charge in [0, 0.05) is 18.9 Å². The van der Waals surface area contributed by atoms with Gasteiger partial charge in [0.05, 0.1) is 6.42 Å². The van der Waals surface area contributed by atoms with E-state index in [9.17, 15) is 0 Å². The lowest BCUT2D eigenvalue weighted by atomic mass is 10.3. The highest BCUT2D eigenvalue weighted by Crippen LogP contribution is 2.05. The first kappa shape index (κ1) is 7.97. The first-order chi connectivity index (χ1) is 6.25. The third kappa shape index (κ3) is 1.58. The van der Waals surface area contributed by atoms with Crippen molar-refractivity contribution in [1.82, 2.24) is 19.9 Å². The Morgan fingerprint density at radius 3 is 2.92 bits per heavy atom. The summed E-state index contributed by atoms with van der Waals surface area (Å²) in [6.07, 6.45) is 2.38. The van der Waals surface area contributed by atoms with Gasteiger partial charge in [-0.3, -0.25) is 4.68 Å². The molecule has 2 aromatic heterocycles. The van der Waals surface area contributed by atoms with Gasteiger partial charge in [-0.05, 0) is 13.0 Å². The predicted octanol–water partition coefficient (Wildman–Crippen LogP) is 0.702. The van der Waals surface area contributed by atoms with Crippen LogP contribution in [0.1, 0.15) is 17.4 Å². The van der Waals surface area contributed by atoms with Gasteiger partial charge in [0.1, 0.15) is 0 Å². The zero-order valence-corrected chi connectivity index (χ0v) is 7.56. The first-order valence-electron chi connectivity index (χ1n) is 4.02. The Bertz CT molecular complexity index is 404. The van der Waals surface area contributed by atoms with Crippen LogP contribution in [0.5, 0.6) is 0 Å². The molecule has 0 aliphatic heterocycles. The van der Waals surface area contributed by atoms with Gasteiger partial charge in [-0.15, -0.1) is 0 Å². The lowest BCUT2D eigenvalue weighted by Crippen LogP contribution is -1.99. The second-order valence-electron chi connectivity index (χ2n) is 2.86. The summed E-state index contributed by atoms with van der Waals surface area (Å²) >= 11 is 0. The first-order valence-corrected chi connectivity index (χ1v) is 4.02. The van der Waals surface area contributed by atoms with Crippen LogP contribution in [0.25, 0.3) is 0 Å². The average Bonchev–Trinajstić information content (AvgIpc) is 2.64. The maximum absolute atomic E-state index is 4.99. The molecule has 2 aromatic rings. The molecule has 2 rings (SSSR count). The molecule has 0 unspecified atom stereocenters. The van der Waals surface area contributed by atoms with Crippen LogP contribution < -0.4 is 0 Å². The summed E-state index contributed by atoms with van der Waals surface area (Å²) in [6, 6.07) is 1.93. The second-order valence-corrected chi connectivity index (χ2v) is 2.86. The Morgan fingerprint density at radius 2 is 2.38 bits per heavy atom. The second kappa shape index (κ2) is 3.01. The smallest absolute Gasteiger partial charge is 0.232 e. The Labute approximate surface area is 75.4 Å². The normalized spacial score (nSPS) is 10.6. The lowest BCUT2D eigenvalue weighted by Gasteiger charge is -1.95. The lowest BCUT2D eigenvalue weighted by molar-refractivity contribution is 0.379. The highest BCUT2D eigenvalue weighted by molar-refractivity contribution is 5.06. The van der Waals surface area contributed by atoms with E-state index in [0.717, 1.165) is 5.69 Å². The molecule has 2 heterocycles. The van der Waals surface area contributed by atoms with E-state index >= 15 is 0 Å². The van der Waals surface area contributed by atoms with Crippen molar-refractivity contribution in [2.45, 2.75) is 13.3 Å². The fraction of sp³-hybridized carbons (Fsp3) is 0.375. The number of aromatic nitrogens is 4. The van der Waals surface area contributed by atoms with Crippen LogP contribution in [0.3, 0.4) is 0 Å². The van der Waals surface area contributed by atoms with E-state index in [2.05, 4.69) is 15.2 Å². The Morgan fingerprint density at radius 1 is 1.54 bits per heavy atom. The zero-order valence-electron chi connectivity index (χ0n) is 7.56. The van der Waals surface area contributed by atoms with Gasteiger partial charge >= 0.3 is 0 Å². The molecule has 0 aromatic carbocycles. The van der Waals surface area contributed by atoms with E-state index in [1.165, 1.54) is 0 Å². The van der Waals surface area contributed by atoms with Gasteiger partial charge in [0.15, 0.2) is 5.82 Å². The number of rotatable bonds is 2. The standard InChI is InChI=1S/C8H10N4O/c1-6-10-8(13-11-6)5-7-3-4-9-12(7)2/h3-4H,5H2,1-2H3. The van der Waals surface area contributed by atoms with Gasteiger partial charge in [-0.2, -0.15) is 10.1 Å². The molecule has 0 N–H and O–H groups in total. The summed E-state index contributed by atoms with van der Waals surface area (Å²) in [6.45, 7) is 1.80. The van der Waals surface area contributed by atoms with E-state index in [0.29, 0.717) is 18.1 Å². The van der Waals surface area contributed by atoms with Crippen LogP contribution in [-0.4, -0.2) is 19.9 Å². The maximum Gasteiger partial charge on any atom is 0.232 e. The third-order valence-electron chi connectivity index (χ3n) is 1.82. The Hall–Kier alpha value is -1.65. The van der Waals surface area contributed by atoms with Crippen LogP contribution in [0.15, 0.2) is 16.8 Å². The number of hydrogen-bond acceptors (Lipinski definition) is 4. The SMILES string of the molecule is Cc1noc(Cc2ccnn2C)n1. The van der Waals surface area contributed by atoms with Crippen LogP contribution in [0, 0.1) is 6.92 Å². The van der Waals surface area contributed by atoms with E-state index in [4.69, 9.17) is 4.52 Å². The summed E-state index contributed by atoms with van der Waals surface area (Å²) < 4.78 is 6.78. The molecule has 0 spiro atoms. The number of nitrogens with zero attached hydrogens (tertiary/aromatic N) is 4. The van der Waals surface area contributed by atoms with Gasteiger partial charge in [-0.25, -0.2) is 0 Å². The number of hydrogen-bond donors (Lipinski definition) is 0. The van der Waals surface area contributed by atoms with Gasteiger partial charge in [-0.1, -0.05) is 5.16 Å². The monoisotopic (exact) mass is 178 g/mol. The van der Waals surface area contributed by atoms with E-state index < -0.39 is 0 Å². The molecule has 0 saturated carbocycles. The van der Waals surface area contributed by atoms with Crippen LogP contribution >= 0.6 is 0 Å². The van der Waals surface area contributed by atoms with Crippen molar-refractivity contribution in [2.75, 3.05) is 0 Å². The molecule has 0 saturated heterocycles. The molecule has 0 aliphatic rings. The van der Waals surface area contributed by atoms with Crippen LogP contribution in [0.2, 0.25) is 0 Å². The number of aryl methyl sites for hydroxylation is 2. The van der Waals surface area contributed by atoms with Gasteiger partial charge in [0.2, 0.25) is 5.89 Å². The van der Waals surface area contributed by atoms with Crippen molar-refractivity contribution < 1.29 is 4.52 Å². The molecular formula is C8H10N4O. The van der Waals surface area contributed by atoms with Crippen molar-refractivity contribution in [2.24, 2.45) is 7.05 Å². The fourth-order valence-corrected chi connectivity index (χ4v) is 1.14. The van der Waals surface area contributed by atoms with Crippen molar-refractivity contribution in [3.8, 4) is 0 Å². The zero-order chi connectivity index (χ0) is 9.26. The molecule has 5 nitrogen and oxygen atoms in total. The van der Waals surface area contributed by atoms with Crippen LogP contribution in [-0.2, 0) is 13.5 Å². The molecule has 5 heteroatoms. The molecule has 0 radical (unpaired) electrons. The predicted molar refractivity (Wildman–Crippen MR) is 45.0 cm³/mol. The molecule has 0 aliphatic carbocycles. The molecule has 0 amide bonds. The third-order valence-corrected chi connectivity index (χ3v) is 1.82. The highest BCUT2D eigenvalue weighted by atomic mass is 16.5. The molecule has 0 bridgehead atoms. The molecule has 0 fully saturated rings. The Kier molecular flexibility index (Phi) is 1.84. The minimum atomic E-state index is 0.626. The van der Waals surface area contributed by atoms with Crippen molar-refractivity contribution in [3.05, 3.63) is 29.7 Å². The van der Waals surface area contributed by atoms with E-state index in [1.807, 2.05) is 13.1 Å². The summed E-state index contributed by atoms with van der Waals surface area (Å²) in [4.78, 5) is 4.11. The van der Waals surface area contributed by atoms with Crippen molar-refractivity contribution in [3.63, 3.8) is 0 Å². The molecule has 68 valence electrons. The van der Waals surface area contributed by atoms with Gasteiger partial charge < -0.3 is 4.52 Å². The maximum atomic E-state index is 4.99. The highest BCUT2D eigenvalue weighted by Gasteiger charge is 2.06. The van der Waals surface area contributed by atoms with E-state index in [1.54, 1.807) is 17.8 Å². The topological polar surface area (TPSA) is 56.7 Å². The Balaban J connectivity index is 2.19. The summed E-state index contributed by atoms with van der Waals surface area (Å²) in [5.74, 6) is 1.29. The van der Waals surface area contributed by atoms with Crippen molar-refractivity contribution >= 4 is 0 Å². The summed E-state index contributed by atoms with van der Waals surface area (Å²) in [7, 11) is 1.89. The minimum Gasteiger partial charge on any atom is -0.339 e. The summed E-state index contributed by atoms with van der Waals surface area (Å²) in [5, 5.41) is 7.76.